The predicted molar refractivity (Wildman–Crippen MR) is 68.1 cm³/mol. The van der Waals surface area contributed by atoms with Gasteiger partial charge in [0.05, 0.1) is 0 Å². The molecular formula is C10H16O3S2. The van der Waals surface area contributed by atoms with Gasteiger partial charge in [0.1, 0.15) is 5.94 Å². The summed E-state index contributed by atoms with van der Waals surface area (Å²) in [6.07, 6.45) is 4.74. The Hall–Kier alpha value is -0.680. The van der Waals surface area contributed by atoms with Crippen LogP contribution in [0.4, 0.5) is 0 Å². The van der Waals surface area contributed by atoms with Crippen LogP contribution in [-0.2, 0) is 14.3 Å². The Morgan fingerprint density at radius 1 is 1.53 bits per heavy atom. The van der Waals surface area contributed by atoms with Gasteiger partial charge in [0.2, 0.25) is 5.12 Å². The highest BCUT2D eigenvalue weighted by Gasteiger charge is 1.90. The van der Waals surface area contributed by atoms with Crippen LogP contribution in [0, 0.1) is 0 Å². The summed E-state index contributed by atoms with van der Waals surface area (Å²) in [7, 11) is 0. The van der Waals surface area contributed by atoms with E-state index in [2.05, 4.69) is 23.9 Å². The van der Waals surface area contributed by atoms with Gasteiger partial charge in [0, 0.05) is 6.08 Å². The number of hydrogen-bond acceptors (Lipinski definition) is 4. The molecule has 0 saturated carbocycles. The van der Waals surface area contributed by atoms with Crippen molar-refractivity contribution in [2.75, 3.05) is 12.2 Å². The van der Waals surface area contributed by atoms with Crippen molar-refractivity contribution >= 4 is 35.5 Å². The lowest BCUT2D eigenvalue weighted by Gasteiger charge is -1.94. The van der Waals surface area contributed by atoms with E-state index in [0.717, 1.165) is 6.08 Å². The van der Waals surface area contributed by atoms with Crippen molar-refractivity contribution in [3.8, 4) is 0 Å². The molecule has 0 atom stereocenters. The lowest BCUT2D eigenvalue weighted by atomic mass is 10.3. The molecule has 0 heterocycles. The second-order valence-electron chi connectivity index (χ2n) is 2.35. The first-order valence-corrected chi connectivity index (χ1v) is 5.98. The number of thiol groups is 1. The van der Waals surface area contributed by atoms with E-state index in [0.29, 0.717) is 11.5 Å². The first kappa shape index (κ1) is 16.7. The van der Waals surface area contributed by atoms with E-state index in [1.807, 2.05) is 13.2 Å². The lowest BCUT2D eigenvalue weighted by Crippen LogP contribution is -1.97. The third kappa shape index (κ3) is 13.3. The van der Waals surface area contributed by atoms with Crippen LogP contribution in [0.3, 0.4) is 0 Å². The first-order chi connectivity index (χ1) is 6.99. The molecule has 0 radical (unpaired) electrons. The summed E-state index contributed by atoms with van der Waals surface area (Å²) in [6.45, 7) is 6.77. The molecule has 0 aliphatic heterocycles. The number of carbonyl (C=O) groups excluding carboxylic acids is 2. The van der Waals surface area contributed by atoms with Gasteiger partial charge in [-0.1, -0.05) is 12.7 Å². The minimum Gasteiger partial charge on any atom is -0.451 e. The number of carbonyl (C=O) groups is 2. The van der Waals surface area contributed by atoms with Crippen LogP contribution in [-0.4, -0.2) is 23.3 Å². The second kappa shape index (κ2) is 11.4. The van der Waals surface area contributed by atoms with Gasteiger partial charge in [-0.25, -0.2) is 4.79 Å². The SMILES string of the molecule is C=CC(=O)OCSC.CC=C(C)C(=O)S. The van der Waals surface area contributed by atoms with E-state index in [4.69, 9.17) is 0 Å². The average molecular weight is 248 g/mol. The third-order valence-corrected chi connectivity index (χ3v) is 1.96. The van der Waals surface area contributed by atoms with Crippen LogP contribution in [0.15, 0.2) is 24.3 Å². The lowest BCUT2D eigenvalue weighted by molar-refractivity contribution is -0.135. The van der Waals surface area contributed by atoms with Gasteiger partial charge in [-0.05, 0) is 25.7 Å². The molecule has 0 rings (SSSR count). The molecule has 0 spiro atoms. The van der Waals surface area contributed by atoms with Crippen molar-refractivity contribution in [2.45, 2.75) is 13.8 Å². The highest BCUT2D eigenvalue weighted by atomic mass is 32.2. The quantitative estimate of drug-likeness (QED) is 0.359. The molecule has 3 nitrogen and oxygen atoms in total. The molecule has 0 saturated heterocycles. The summed E-state index contributed by atoms with van der Waals surface area (Å²) in [5.74, 6) is 0.0459. The minimum atomic E-state index is -0.362. The summed E-state index contributed by atoms with van der Waals surface area (Å²) >= 11 is 5.02. The molecule has 0 aliphatic carbocycles. The van der Waals surface area contributed by atoms with Crippen molar-refractivity contribution in [3.63, 3.8) is 0 Å². The van der Waals surface area contributed by atoms with Crippen LogP contribution in [0.25, 0.3) is 0 Å². The maximum Gasteiger partial charge on any atom is 0.330 e. The Bertz CT molecular complexity index is 247. The number of thioether (sulfide) groups is 1. The molecule has 0 aromatic carbocycles. The number of rotatable bonds is 4. The fourth-order valence-corrected chi connectivity index (χ4v) is 0.663. The van der Waals surface area contributed by atoms with Crippen LogP contribution in [0.2, 0.25) is 0 Å². The molecular weight excluding hydrogens is 232 g/mol. The van der Waals surface area contributed by atoms with Crippen LogP contribution >= 0.6 is 24.4 Å². The zero-order chi connectivity index (χ0) is 12.3. The van der Waals surface area contributed by atoms with E-state index >= 15 is 0 Å². The predicted octanol–water partition coefficient (Wildman–Crippen LogP) is 2.45. The zero-order valence-corrected chi connectivity index (χ0v) is 10.9. The minimum absolute atomic E-state index is 0.150. The monoisotopic (exact) mass is 248 g/mol. The summed E-state index contributed by atoms with van der Waals surface area (Å²) < 4.78 is 4.55. The average Bonchev–Trinajstić information content (AvgIpc) is 2.25. The summed E-state index contributed by atoms with van der Waals surface area (Å²) in [5.41, 5.74) is 0.698. The van der Waals surface area contributed by atoms with Crippen molar-refractivity contribution < 1.29 is 14.3 Å². The van der Waals surface area contributed by atoms with Gasteiger partial charge < -0.3 is 4.74 Å². The van der Waals surface area contributed by atoms with Crippen molar-refractivity contribution in [1.82, 2.24) is 0 Å². The van der Waals surface area contributed by atoms with Crippen LogP contribution in [0.5, 0.6) is 0 Å². The largest absolute Gasteiger partial charge is 0.451 e. The number of allylic oxidation sites excluding steroid dienone is 1. The highest BCUT2D eigenvalue weighted by molar-refractivity contribution is 7.98. The fourth-order valence-electron chi connectivity index (χ4n) is 0.299. The molecule has 0 aliphatic rings. The molecule has 0 unspecified atom stereocenters. The standard InChI is InChI=1S/C5H8O2S.C5H8OS/c1-3-5(6)7-4-8-2;1-3-4(2)5(6)7/h3H,1,4H2,2H3;3H,1-2H3,(H,6,7). The van der Waals surface area contributed by atoms with Crippen molar-refractivity contribution in [2.24, 2.45) is 0 Å². The maximum absolute atomic E-state index is 10.2. The van der Waals surface area contributed by atoms with E-state index in [-0.39, 0.29) is 11.1 Å². The van der Waals surface area contributed by atoms with Gasteiger partial charge in [0.15, 0.2) is 0 Å². The number of hydrogen-bond donors (Lipinski definition) is 1. The Balaban J connectivity index is 0. The van der Waals surface area contributed by atoms with E-state index in [1.165, 1.54) is 11.8 Å². The Kier molecular flexibility index (Phi) is 12.7. The number of ether oxygens (including phenoxy) is 1. The smallest absolute Gasteiger partial charge is 0.330 e. The molecule has 0 N–H and O–H groups in total. The summed E-state index contributed by atoms with van der Waals surface area (Å²) in [6, 6.07) is 0. The topological polar surface area (TPSA) is 43.4 Å². The molecule has 0 aromatic heterocycles. The van der Waals surface area contributed by atoms with Gasteiger partial charge in [-0.15, -0.1) is 24.4 Å². The van der Waals surface area contributed by atoms with Crippen molar-refractivity contribution in [1.29, 1.82) is 0 Å². The maximum atomic E-state index is 10.2. The molecule has 0 bridgehead atoms. The Morgan fingerprint density at radius 3 is 2.27 bits per heavy atom. The third-order valence-electron chi connectivity index (χ3n) is 1.26. The van der Waals surface area contributed by atoms with Crippen LogP contribution < -0.4 is 0 Å². The summed E-state index contributed by atoms with van der Waals surface area (Å²) in [5, 5.41) is -0.150. The molecule has 5 heteroatoms. The van der Waals surface area contributed by atoms with Gasteiger partial charge in [-0.3, -0.25) is 4.79 Å². The summed E-state index contributed by atoms with van der Waals surface area (Å²) in [4.78, 5) is 20.4. The first-order valence-electron chi connectivity index (χ1n) is 4.13. The molecule has 0 fully saturated rings. The van der Waals surface area contributed by atoms with Crippen LogP contribution in [0.1, 0.15) is 13.8 Å². The van der Waals surface area contributed by atoms with Crippen molar-refractivity contribution in [3.05, 3.63) is 24.3 Å². The van der Waals surface area contributed by atoms with Gasteiger partial charge in [0.25, 0.3) is 0 Å². The van der Waals surface area contributed by atoms with E-state index < -0.39 is 0 Å². The molecule has 15 heavy (non-hydrogen) atoms. The Labute approximate surface area is 100 Å². The second-order valence-corrected chi connectivity index (χ2v) is 3.57. The Morgan fingerprint density at radius 2 is 2.07 bits per heavy atom. The number of esters is 1. The molecule has 0 amide bonds. The van der Waals surface area contributed by atoms with Gasteiger partial charge in [-0.2, -0.15) is 0 Å². The molecule has 0 aromatic rings. The highest BCUT2D eigenvalue weighted by Crippen LogP contribution is 1.95. The normalized spacial score (nSPS) is 9.73. The van der Waals surface area contributed by atoms with E-state index in [9.17, 15) is 9.59 Å². The molecule has 86 valence electrons. The van der Waals surface area contributed by atoms with E-state index in [1.54, 1.807) is 13.0 Å². The fraction of sp³-hybridized carbons (Fsp3) is 0.400. The zero-order valence-electron chi connectivity index (χ0n) is 9.15. The van der Waals surface area contributed by atoms with Gasteiger partial charge >= 0.3 is 5.97 Å².